The number of aliphatic hydroxyl groups excluding tert-OH is 2. The molecule has 1 amide bonds. The van der Waals surface area contributed by atoms with Gasteiger partial charge in [-0.05, 0) is 83.5 Å². The number of carbonyl (C=O) groups excluding carboxylic acids is 2. The molecule has 3 N–H and O–H groups in total. The standard InChI is InChI=1S/C63H121NO5/c1-3-5-7-9-11-13-15-17-19-21-23-24-25-26-27-29-31-35-39-43-47-51-55-61(66)60(59-65)64-62(67)56-52-48-44-40-36-33-34-38-42-46-50-54-58-69-63(68)57-53-49-45-41-37-32-30-28-22-20-18-16-14-12-10-8-6-4-2/h20,22,34,38,60-61,65-66H,3-19,21,23-33,35-37,39-59H2,1-2H3,(H,64,67)/b22-20-,38-34-. The van der Waals surface area contributed by atoms with E-state index in [0.717, 1.165) is 77.0 Å². The van der Waals surface area contributed by atoms with E-state index in [1.807, 2.05) is 0 Å². The molecule has 2 atom stereocenters. The zero-order chi connectivity index (χ0) is 50.0. The molecule has 0 bridgehead atoms. The summed E-state index contributed by atoms with van der Waals surface area (Å²) < 4.78 is 5.47. The van der Waals surface area contributed by atoms with Crippen molar-refractivity contribution >= 4 is 11.9 Å². The van der Waals surface area contributed by atoms with Crippen LogP contribution in [0.4, 0.5) is 0 Å². The molecular formula is C63H121NO5. The van der Waals surface area contributed by atoms with Crippen LogP contribution in [0, 0.1) is 0 Å². The van der Waals surface area contributed by atoms with Gasteiger partial charge in [-0.1, -0.05) is 269 Å². The fraction of sp³-hybridized carbons (Fsp3) is 0.905. The quantitative estimate of drug-likeness (QED) is 0.0321. The van der Waals surface area contributed by atoms with Gasteiger partial charge in [-0.25, -0.2) is 0 Å². The second-order valence-corrected chi connectivity index (χ2v) is 21.4. The van der Waals surface area contributed by atoms with Crippen molar-refractivity contribution in [3.8, 4) is 0 Å². The van der Waals surface area contributed by atoms with E-state index in [1.165, 1.54) is 231 Å². The van der Waals surface area contributed by atoms with Gasteiger partial charge in [-0.15, -0.1) is 0 Å². The zero-order valence-corrected chi connectivity index (χ0v) is 46.6. The Morgan fingerprint density at radius 1 is 0.391 bits per heavy atom. The van der Waals surface area contributed by atoms with Crippen LogP contribution in [-0.4, -0.2) is 47.4 Å². The van der Waals surface area contributed by atoms with Gasteiger partial charge < -0.3 is 20.3 Å². The minimum atomic E-state index is -0.682. The molecule has 0 spiro atoms. The monoisotopic (exact) mass is 972 g/mol. The highest BCUT2D eigenvalue weighted by Gasteiger charge is 2.20. The van der Waals surface area contributed by atoms with Crippen LogP contribution in [0.2, 0.25) is 0 Å². The molecule has 0 aliphatic carbocycles. The van der Waals surface area contributed by atoms with E-state index in [0.29, 0.717) is 25.9 Å². The fourth-order valence-corrected chi connectivity index (χ4v) is 9.69. The molecule has 0 fully saturated rings. The van der Waals surface area contributed by atoms with Gasteiger partial charge in [0.2, 0.25) is 5.91 Å². The van der Waals surface area contributed by atoms with Crippen LogP contribution >= 0.6 is 0 Å². The Kier molecular flexibility index (Phi) is 57.5. The molecule has 0 aliphatic heterocycles. The van der Waals surface area contributed by atoms with Gasteiger partial charge >= 0.3 is 5.97 Å². The third-order valence-corrected chi connectivity index (χ3v) is 14.5. The molecule has 0 aromatic heterocycles. The van der Waals surface area contributed by atoms with Gasteiger partial charge in [0.15, 0.2) is 0 Å². The van der Waals surface area contributed by atoms with Crippen LogP contribution < -0.4 is 5.32 Å². The van der Waals surface area contributed by atoms with Gasteiger partial charge in [0, 0.05) is 12.8 Å². The van der Waals surface area contributed by atoms with Crippen LogP contribution in [0.15, 0.2) is 24.3 Å². The summed E-state index contributed by atoms with van der Waals surface area (Å²) in [6.07, 6.45) is 71.8. The second kappa shape index (κ2) is 58.9. The number of rotatable bonds is 58. The van der Waals surface area contributed by atoms with Crippen molar-refractivity contribution in [3.05, 3.63) is 24.3 Å². The Labute approximate surface area is 431 Å². The molecule has 6 nitrogen and oxygen atoms in total. The summed E-state index contributed by atoms with van der Waals surface area (Å²) in [4.78, 5) is 24.6. The van der Waals surface area contributed by atoms with E-state index in [1.54, 1.807) is 0 Å². The minimum absolute atomic E-state index is 0.0246. The van der Waals surface area contributed by atoms with Gasteiger partial charge in [-0.2, -0.15) is 0 Å². The first-order valence-electron chi connectivity index (χ1n) is 31.1. The molecule has 6 heteroatoms. The lowest BCUT2D eigenvalue weighted by molar-refractivity contribution is -0.143. The average molecular weight is 973 g/mol. The Hall–Kier alpha value is -1.66. The Morgan fingerprint density at radius 3 is 1.03 bits per heavy atom. The molecule has 0 saturated heterocycles. The van der Waals surface area contributed by atoms with Crippen molar-refractivity contribution in [3.63, 3.8) is 0 Å². The Balaban J connectivity index is 3.48. The Bertz CT molecular complexity index is 1080. The molecular weight excluding hydrogens is 851 g/mol. The maximum absolute atomic E-state index is 12.5. The molecule has 408 valence electrons. The fourth-order valence-electron chi connectivity index (χ4n) is 9.69. The van der Waals surface area contributed by atoms with E-state index >= 15 is 0 Å². The number of aliphatic hydroxyl groups is 2. The van der Waals surface area contributed by atoms with Crippen LogP contribution in [0.1, 0.15) is 341 Å². The summed E-state index contributed by atoms with van der Waals surface area (Å²) in [6.45, 7) is 4.92. The van der Waals surface area contributed by atoms with Gasteiger partial charge in [0.1, 0.15) is 0 Å². The highest BCUT2D eigenvalue weighted by molar-refractivity contribution is 5.76. The largest absolute Gasteiger partial charge is 0.466 e. The van der Waals surface area contributed by atoms with Crippen molar-refractivity contribution in [2.45, 2.75) is 353 Å². The van der Waals surface area contributed by atoms with Crippen molar-refractivity contribution in [1.82, 2.24) is 5.32 Å². The first-order chi connectivity index (χ1) is 34.0. The summed E-state index contributed by atoms with van der Waals surface area (Å²) in [7, 11) is 0. The number of unbranched alkanes of at least 4 members (excludes halogenated alkanes) is 43. The third kappa shape index (κ3) is 55.5. The summed E-state index contributed by atoms with van der Waals surface area (Å²) in [6, 6.07) is -0.561. The maximum atomic E-state index is 12.5. The number of esters is 1. The van der Waals surface area contributed by atoms with E-state index in [9.17, 15) is 19.8 Å². The highest BCUT2D eigenvalue weighted by Crippen LogP contribution is 2.18. The van der Waals surface area contributed by atoms with E-state index in [-0.39, 0.29) is 18.5 Å². The summed E-state index contributed by atoms with van der Waals surface area (Å²) in [5.41, 5.74) is 0. The predicted octanol–water partition coefficient (Wildman–Crippen LogP) is 19.4. The molecule has 0 rings (SSSR count). The van der Waals surface area contributed by atoms with Crippen molar-refractivity contribution in [1.29, 1.82) is 0 Å². The number of carbonyl (C=O) groups is 2. The number of hydrogen-bond donors (Lipinski definition) is 3. The lowest BCUT2D eigenvalue weighted by atomic mass is 10.0. The minimum Gasteiger partial charge on any atom is -0.466 e. The first kappa shape index (κ1) is 67.3. The van der Waals surface area contributed by atoms with Crippen LogP contribution in [0.3, 0.4) is 0 Å². The normalized spacial score (nSPS) is 12.7. The molecule has 0 heterocycles. The molecule has 0 radical (unpaired) electrons. The summed E-state index contributed by atoms with van der Waals surface area (Å²) in [5.74, 6) is -0.0823. The van der Waals surface area contributed by atoms with Crippen LogP contribution in [-0.2, 0) is 14.3 Å². The molecule has 0 saturated carbocycles. The number of allylic oxidation sites excluding steroid dienone is 4. The summed E-state index contributed by atoms with van der Waals surface area (Å²) >= 11 is 0. The number of nitrogens with one attached hydrogen (secondary N) is 1. The molecule has 2 unspecified atom stereocenters. The third-order valence-electron chi connectivity index (χ3n) is 14.5. The van der Waals surface area contributed by atoms with E-state index < -0.39 is 12.1 Å². The van der Waals surface area contributed by atoms with Gasteiger partial charge in [0.05, 0.1) is 25.4 Å². The van der Waals surface area contributed by atoms with Gasteiger partial charge in [-0.3, -0.25) is 9.59 Å². The number of amides is 1. The van der Waals surface area contributed by atoms with Crippen molar-refractivity contribution in [2.75, 3.05) is 13.2 Å². The molecule has 0 aromatic carbocycles. The van der Waals surface area contributed by atoms with Crippen molar-refractivity contribution in [2.24, 2.45) is 0 Å². The van der Waals surface area contributed by atoms with Crippen LogP contribution in [0.5, 0.6) is 0 Å². The van der Waals surface area contributed by atoms with Crippen molar-refractivity contribution < 1.29 is 24.5 Å². The zero-order valence-electron chi connectivity index (χ0n) is 46.6. The first-order valence-corrected chi connectivity index (χ1v) is 31.1. The topological polar surface area (TPSA) is 95.9 Å². The molecule has 69 heavy (non-hydrogen) atoms. The Morgan fingerprint density at radius 2 is 0.681 bits per heavy atom. The molecule has 0 aromatic rings. The SMILES string of the molecule is CCCCCCCCC/C=C\CCCCCCCCCC(=O)OCCCCC/C=C\CCCCCCCC(=O)NC(CO)C(O)CCCCCCCCCCCCCCCCCCCCCCCC. The van der Waals surface area contributed by atoms with Gasteiger partial charge in [0.25, 0.3) is 0 Å². The number of hydrogen-bond acceptors (Lipinski definition) is 5. The predicted molar refractivity (Wildman–Crippen MR) is 301 cm³/mol. The smallest absolute Gasteiger partial charge is 0.305 e. The van der Waals surface area contributed by atoms with E-state index in [4.69, 9.17) is 4.74 Å². The second-order valence-electron chi connectivity index (χ2n) is 21.4. The molecule has 0 aliphatic rings. The van der Waals surface area contributed by atoms with Crippen LogP contribution in [0.25, 0.3) is 0 Å². The number of ether oxygens (including phenoxy) is 1. The lowest BCUT2D eigenvalue weighted by Crippen LogP contribution is -2.45. The summed E-state index contributed by atoms with van der Waals surface area (Å²) in [5, 5.41) is 23.3. The average Bonchev–Trinajstić information content (AvgIpc) is 3.35. The van der Waals surface area contributed by atoms with E-state index in [2.05, 4.69) is 43.5 Å². The highest BCUT2D eigenvalue weighted by atomic mass is 16.5. The lowest BCUT2D eigenvalue weighted by Gasteiger charge is -2.22. The maximum Gasteiger partial charge on any atom is 0.305 e.